The molecule has 0 fully saturated rings. The maximum atomic E-state index is 12.9. The Balaban J connectivity index is 3.26. The average Bonchev–Trinajstić information content (AvgIpc) is 2.09. The van der Waals surface area contributed by atoms with Crippen molar-refractivity contribution in [2.75, 3.05) is 0 Å². The molecule has 0 saturated heterocycles. The summed E-state index contributed by atoms with van der Waals surface area (Å²) < 4.78 is 25.5. The van der Waals surface area contributed by atoms with Crippen molar-refractivity contribution >= 4 is 21.9 Å². The largest absolute Gasteiger partial charge is 0.480 e. The zero-order chi connectivity index (χ0) is 10.9. The van der Waals surface area contributed by atoms with Crippen LogP contribution in [0.4, 0.5) is 8.78 Å². The van der Waals surface area contributed by atoms with E-state index in [-0.39, 0.29) is 10.0 Å². The molecule has 6 heteroatoms. The maximum Gasteiger partial charge on any atom is 0.325 e. The highest BCUT2D eigenvalue weighted by Crippen LogP contribution is 2.26. The van der Waals surface area contributed by atoms with E-state index in [9.17, 15) is 13.6 Å². The van der Waals surface area contributed by atoms with Gasteiger partial charge in [-0.25, -0.2) is 8.78 Å². The highest BCUT2D eigenvalue weighted by molar-refractivity contribution is 9.10. The average molecular weight is 266 g/mol. The fourth-order valence-electron chi connectivity index (χ4n) is 0.935. The molecule has 0 aliphatic heterocycles. The van der Waals surface area contributed by atoms with Gasteiger partial charge in [-0.1, -0.05) is 0 Å². The first kappa shape index (κ1) is 11.1. The Labute approximate surface area is 86.7 Å². The van der Waals surface area contributed by atoms with Gasteiger partial charge < -0.3 is 10.8 Å². The van der Waals surface area contributed by atoms with Gasteiger partial charge in [0.1, 0.15) is 17.7 Å². The second kappa shape index (κ2) is 4.02. The van der Waals surface area contributed by atoms with Gasteiger partial charge in [0.25, 0.3) is 0 Å². The normalized spacial score (nSPS) is 12.6. The molecule has 0 aliphatic carbocycles. The molecule has 14 heavy (non-hydrogen) atoms. The Hall–Kier alpha value is -1.01. The van der Waals surface area contributed by atoms with Crippen LogP contribution >= 0.6 is 15.9 Å². The summed E-state index contributed by atoms with van der Waals surface area (Å²) in [4.78, 5) is 10.5. The Bertz CT molecular complexity index is 384. The highest BCUT2D eigenvalue weighted by atomic mass is 79.9. The molecule has 0 spiro atoms. The van der Waals surface area contributed by atoms with Crippen LogP contribution in [0.2, 0.25) is 0 Å². The SMILES string of the molecule is NC(C(=O)O)c1cc(F)cc(F)c1Br. The number of carboxylic acid groups (broad SMARTS) is 1. The summed E-state index contributed by atoms with van der Waals surface area (Å²) in [7, 11) is 0. The third-order valence-corrected chi connectivity index (χ3v) is 2.46. The number of rotatable bonds is 2. The van der Waals surface area contributed by atoms with E-state index >= 15 is 0 Å². The fraction of sp³-hybridized carbons (Fsp3) is 0.125. The topological polar surface area (TPSA) is 63.3 Å². The van der Waals surface area contributed by atoms with Gasteiger partial charge in [0.05, 0.1) is 4.47 Å². The third kappa shape index (κ3) is 2.08. The van der Waals surface area contributed by atoms with Crippen LogP contribution in [0.25, 0.3) is 0 Å². The van der Waals surface area contributed by atoms with Gasteiger partial charge in [-0.15, -0.1) is 0 Å². The van der Waals surface area contributed by atoms with Crippen molar-refractivity contribution in [2.24, 2.45) is 5.73 Å². The number of nitrogens with two attached hydrogens (primary N) is 1. The smallest absolute Gasteiger partial charge is 0.325 e. The molecule has 0 aliphatic rings. The first-order chi connectivity index (χ1) is 6.43. The molecule has 0 bridgehead atoms. The van der Waals surface area contributed by atoms with Crippen LogP contribution in [0.15, 0.2) is 16.6 Å². The van der Waals surface area contributed by atoms with Crippen molar-refractivity contribution in [3.63, 3.8) is 0 Å². The van der Waals surface area contributed by atoms with Crippen LogP contribution in [0, 0.1) is 11.6 Å². The number of hydrogen-bond acceptors (Lipinski definition) is 2. The summed E-state index contributed by atoms with van der Waals surface area (Å²) >= 11 is 2.80. The molecule has 76 valence electrons. The van der Waals surface area contributed by atoms with Crippen LogP contribution in [-0.4, -0.2) is 11.1 Å². The second-order valence-corrected chi connectivity index (χ2v) is 3.40. The Morgan fingerprint density at radius 2 is 2.07 bits per heavy atom. The lowest BCUT2D eigenvalue weighted by molar-refractivity contribution is -0.138. The van der Waals surface area contributed by atoms with Gasteiger partial charge in [-0.2, -0.15) is 0 Å². The summed E-state index contributed by atoms with van der Waals surface area (Å²) in [6.45, 7) is 0. The quantitative estimate of drug-likeness (QED) is 0.802. The van der Waals surface area contributed by atoms with Crippen LogP contribution in [0.5, 0.6) is 0 Å². The van der Waals surface area contributed by atoms with Gasteiger partial charge in [0.15, 0.2) is 0 Å². The highest BCUT2D eigenvalue weighted by Gasteiger charge is 2.20. The monoisotopic (exact) mass is 265 g/mol. The van der Waals surface area contributed by atoms with E-state index in [4.69, 9.17) is 10.8 Å². The van der Waals surface area contributed by atoms with E-state index in [1.807, 2.05) is 0 Å². The first-order valence-electron chi connectivity index (χ1n) is 3.56. The second-order valence-electron chi connectivity index (χ2n) is 2.61. The predicted molar refractivity (Wildman–Crippen MR) is 48.6 cm³/mol. The lowest BCUT2D eigenvalue weighted by Gasteiger charge is -2.09. The molecule has 0 amide bonds. The van der Waals surface area contributed by atoms with Crippen molar-refractivity contribution in [1.29, 1.82) is 0 Å². The lowest BCUT2D eigenvalue weighted by Crippen LogP contribution is -2.21. The third-order valence-electron chi connectivity index (χ3n) is 1.62. The van der Waals surface area contributed by atoms with Gasteiger partial charge in [0.2, 0.25) is 0 Å². The molecule has 3 N–H and O–H groups in total. The Morgan fingerprint density at radius 3 is 2.57 bits per heavy atom. The van der Waals surface area contributed by atoms with Crippen LogP contribution in [0.3, 0.4) is 0 Å². The van der Waals surface area contributed by atoms with Crippen LogP contribution < -0.4 is 5.73 Å². The fourth-order valence-corrected chi connectivity index (χ4v) is 1.41. The van der Waals surface area contributed by atoms with E-state index in [2.05, 4.69) is 15.9 Å². The van der Waals surface area contributed by atoms with Gasteiger partial charge in [-0.3, -0.25) is 4.79 Å². The standard InChI is InChI=1S/C8H6BrF2NO2/c9-6-4(7(12)8(13)14)1-3(10)2-5(6)11/h1-2,7H,12H2,(H,13,14). The summed E-state index contributed by atoms with van der Waals surface area (Å²) in [6, 6.07) is 0.0725. The number of hydrogen-bond donors (Lipinski definition) is 2. The van der Waals surface area contributed by atoms with Crippen molar-refractivity contribution < 1.29 is 18.7 Å². The summed E-state index contributed by atoms with van der Waals surface area (Å²) in [5.41, 5.74) is 5.08. The molecular formula is C8H6BrF2NO2. The summed E-state index contributed by atoms with van der Waals surface area (Å²) in [6.07, 6.45) is 0. The number of halogens is 3. The van der Waals surface area contributed by atoms with Crippen LogP contribution in [-0.2, 0) is 4.79 Å². The number of carbonyl (C=O) groups is 1. The minimum atomic E-state index is -1.45. The molecule has 0 heterocycles. The zero-order valence-corrected chi connectivity index (χ0v) is 8.38. The van der Waals surface area contributed by atoms with E-state index in [1.165, 1.54) is 0 Å². The first-order valence-corrected chi connectivity index (χ1v) is 4.35. The molecule has 0 saturated carbocycles. The van der Waals surface area contributed by atoms with E-state index in [1.54, 1.807) is 0 Å². The molecular weight excluding hydrogens is 260 g/mol. The lowest BCUT2D eigenvalue weighted by atomic mass is 10.1. The summed E-state index contributed by atoms with van der Waals surface area (Å²) in [5, 5.41) is 8.55. The van der Waals surface area contributed by atoms with E-state index < -0.39 is 23.6 Å². The molecule has 0 aromatic heterocycles. The molecule has 1 atom stereocenters. The minimum Gasteiger partial charge on any atom is -0.480 e. The minimum absolute atomic E-state index is 0.130. The van der Waals surface area contributed by atoms with Crippen molar-refractivity contribution in [1.82, 2.24) is 0 Å². The Kier molecular flexibility index (Phi) is 3.17. The molecule has 0 radical (unpaired) electrons. The van der Waals surface area contributed by atoms with Crippen molar-refractivity contribution in [2.45, 2.75) is 6.04 Å². The van der Waals surface area contributed by atoms with Gasteiger partial charge in [-0.05, 0) is 22.0 Å². The number of benzene rings is 1. The van der Waals surface area contributed by atoms with E-state index in [0.29, 0.717) is 6.07 Å². The van der Waals surface area contributed by atoms with Crippen molar-refractivity contribution in [3.05, 3.63) is 33.8 Å². The Morgan fingerprint density at radius 1 is 1.50 bits per heavy atom. The van der Waals surface area contributed by atoms with E-state index in [0.717, 1.165) is 6.07 Å². The number of aliphatic carboxylic acids is 1. The zero-order valence-electron chi connectivity index (χ0n) is 6.80. The molecule has 1 aromatic rings. The molecule has 1 rings (SSSR count). The van der Waals surface area contributed by atoms with Gasteiger partial charge >= 0.3 is 5.97 Å². The predicted octanol–water partition coefficient (Wildman–Crippen LogP) is 1.81. The molecule has 1 unspecified atom stereocenters. The maximum absolute atomic E-state index is 12.9. The van der Waals surface area contributed by atoms with Crippen molar-refractivity contribution in [3.8, 4) is 0 Å². The number of carboxylic acids is 1. The summed E-state index contributed by atoms with van der Waals surface area (Å²) in [5.74, 6) is -3.09. The molecule has 1 aromatic carbocycles. The molecule has 3 nitrogen and oxygen atoms in total. The van der Waals surface area contributed by atoms with Crippen LogP contribution in [0.1, 0.15) is 11.6 Å². The van der Waals surface area contributed by atoms with Gasteiger partial charge in [0, 0.05) is 11.6 Å².